The van der Waals surface area contributed by atoms with Gasteiger partial charge in [-0.15, -0.1) is 0 Å². The van der Waals surface area contributed by atoms with Crippen LogP contribution in [0.2, 0.25) is 5.02 Å². The summed E-state index contributed by atoms with van der Waals surface area (Å²) in [6.45, 7) is 1.13. The van der Waals surface area contributed by atoms with Crippen molar-refractivity contribution in [1.29, 1.82) is 0 Å². The molecule has 0 bridgehead atoms. The summed E-state index contributed by atoms with van der Waals surface area (Å²) in [5.41, 5.74) is 7.16. The highest BCUT2D eigenvalue weighted by Crippen LogP contribution is 2.10. The SMILES string of the molecule is NCCCC[C@H](NC(=O)N[C@H](CCCCNC(=O)OCc1ccccc1)C(=O)NCc1ccc(Cl)cc1)C(=O)O. The Kier molecular flexibility index (Phi) is 14.9. The quantitative estimate of drug-likeness (QED) is 0.157. The Morgan fingerprint density at radius 1 is 0.825 bits per heavy atom. The van der Waals surface area contributed by atoms with Crippen molar-refractivity contribution in [3.05, 3.63) is 70.7 Å². The summed E-state index contributed by atoms with van der Waals surface area (Å²) in [6.07, 6.45) is 2.15. The van der Waals surface area contributed by atoms with Crippen LogP contribution in [0.3, 0.4) is 0 Å². The van der Waals surface area contributed by atoms with Crippen LogP contribution in [0.4, 0.5) is 9.59 Å². The molecule has 0 spiro atoms. The molecular weight excluding hydrogens is 538 g/mol. The van der Waals surface area contributed by atoms with Crippen molar-refractivity contribution in [2.75, 3.05) is 13.1 Å². The first-order valence-electron chi connectivity index (χ1n) is 13.2. The first-order valence-corrected chi connectivity index (χ1v) is 13.6. The number of benzene rings is 2. The molecule has 0 heterocycles. The highest BCUT2D eigenvalue weighted by molar-refractivity contribution is 6.30. The molecule has 0 saturated carbocycles. The van der Waals surface area contributed by atoms with Gasteiger partial charge in [0.2, 0.25) is 5.91 Å². The van der Waals surface area contributed by atoms with Gasteiger partial charge in [0.05, 0.1) is 0 Å². The number of nitrogens with two attached hydrogens (primary N) is 1. The van der Waals surface area contributed by atoms with Crippen molar-refractivity contribution >= 4 is 35.6 Å². The number of amides is 4. The van der Waals surface area contributed by atoms with Crippen molar-refractivity contribution in [3.8, 4) is 0 Å². The van der Waals surface area contributed by atoms with E-state index >= 15 is 0 Å². The first-order chi connectivity index (χ1) is 19.3. The Hall–Kier alpha value is -3.83. The molecule has 11 nitrogen and oxygen atoms in total. The largest absolute Gasteiger partial charge is 0.480 e. The molecule has 0 saturated heterocycles. The zero-order valence-corrected chi connectivity index (χ0v) is 23.1. The zero-order valence-electron chi connectivity index (χ0n) is 22.4. The molecule has 0 aliphatic heterocycles. The van der Waals surface area contributed by atoms with Gasteiger partial charge >= 0.3 is 18.1 Å². The number of hydrogen-bond acceptors (Lipinski definition) is 6. The van der Waals surface area contributed by atoms with E-state index in [1.807, 2.05) is 30.3 Å². The second-order valence-corrected chi connectivity index (χ2v) is 9.61. The number of carbonyl (C=O) groups excluding carboxylic acids is 3. The van der Waals surface area contributed by atoms with Crippen molar-refractivity contribution in [3.63, 3.8) is 0 Å². The van der Waals surface area contributed by atoms with Crippen LogP contribution in [0.1, 0.15) is 49.7 Å². The minimum absolute atomic E-state index is 0.158. The molecule has 2 aromatic rings. The van der Waals surface area contributed by atoms with Crippen LogP contribution in [-0.2, 0) is 27.5 Å². The van der Waals surface area contributed by atoms with E-state index in [0.717, 1.165) is 11.1 Å². The van der Waals surface area contributed by atoms with Gasteiger partial charge in [-0.3, -0.25) is 4.79 Å². The average molecular weight is 576 g/mol. The fraction of sp³-hybridized carbons (Fsp3) is 0.429. The van der Waals surface area contributed by atoms with Crippen LogP contribution in [-0.4, -0.2) is 54.3 Å². The molecule has 0 aliphatic rings. The van der Waals surface area contributed by atoms with Crippen molar-refractivity contribution in [2.45, 2.75) is 63.8 Å². The number of aliphatic carboxylic acids is 1. The van der Waals surface area contributed by atoms with Crippen molar-refractivity contribution in [1.82, 2.24) is 21.3 Å². The number of alkyl carbamates (subject to hydrolysis) is 1. The molecule has 2 aromatic carbocycles. The third kappa shape index (κ3) is 13.3. The van der Waals surface area contributed by atoms with E-state index < -0.39 is 36.1 Å². The first kappa shape index (κ1) is 32.4. The molecule has 7 N–H and O–H groups in total. The van der Waals surface area contributed by atoms with Crippen LogP contribution in [0, 0.1) is 0 Å². The average Bonchev–Trinajstić information content (AvgIpc) is 2.94. The number of hydrogen-bond donors (Lipinski definition) is 6. The predicted octanol–water partition coefficient (Wildman–Crippen LogP) is 3.30. The molecule has 2 rings (SSSR count). The van der Waals surface area contributed by atoms with E-state index in [9.17, 15) is 24.3 Å². The van der Waals surface area contributed by atoms with Crippen LogP contribution < -0.4 is 27.0 Å². The number of halogens is 1. The van der Waals surface area contributed by atoms with Crippen LogP contribution >= 0.6 is 11.6 Å². The lowest BCUT2D eigenvalue weighted by Gasteiger charge is -2.21. The Balaban J connectivity index is 1.86. The van der Waals surface area contributed by atoms with E-state index in [1.165, 1.54) is 0 Å². The summed E-state index contributed by atoms with van der Waals surface area (Å²) < 4.78 is 5.18. The molecule has 40 heavy (non-hydrogen) atoms. The summed E-state index contributed by atoms with van der Waals surface area (Å²) >= 11 is 5.91. The van der Waals surface area contributed by atoms with Gasteiger partial charge < -0.3 is 36.8 Å². The van der Waals surface area contributed by atoms with E-state index in [2.05, 4.69) is 21.3 Å². The number of rotatable bonds is 17. The number of carboxylic acids is 1. The minimum atomic E-state index is -1.17. The summed E-state index contributed by atoms with van der Waals surface area (Å²) in [7, 11) is 0. The molecule has 0 aliphatic carbocycles. The number of unbranched alkanes of at least 4 members (excludes halogenated alkanes) is 2. The summed E-state index contributed by atoms with van der Waals surface area (Å²) in [5, 5.41) is 20.5. The molecule has 0 unspecified atom stereocenters. The van der Waals surface area contributed by atoms with Crippen molar-refractivity contribution < 1.29 is 29.0 Å². The molecular formula is C28H38ClN5O6. The highest BCUT2D eigenvalue weighted by Gasteiger charge is 2.24. The van der Waals surface area contributed by atoms with E-state index in [-0.39, 0.29) is 26.0 Å². The Labute approximate surface area is 239 Å². The third-order valence-corrected chi connectivity index (χ3v) is 6.21. The fourth-order valence-corrected chi connectivity index (χ4v) is 3.86. The minimum Gasteiger partial charge on any atom is -0.480 e. The monoisotopic (exact) mass is 575 g/mol. The Morgan fingerprint density at radius 3 is 2.15 bits per heavy atom. The van der Waals surface area contributed by atoms with E-state index in [4.69, 9.17) is 22.1 Å². The predicted molar refractivity (Wildman–Crippen MR) is 152 cm³/mol. The molecule has 218 valence electrons. The normalized spacial score (nSPS) is 12.1. The number of nitrogens with one attached hydrogen (secondary N) is 4. The smallest absolute Gasteiger partial charge is 0.407 e. The zero-order chi connectivity index (χ0) is 29.2. The summed E-state index contributed by atoms with van der Waals surface area (Å²) in [5.74, 6) is -1.59. The van der Waals surface area contributed by atoms with Gasteiger partial charge in [-0.25, -0.2) is 14.4 Å². The van der Waals surface area contributed by atoms with Gasteiger partial charge in [0.15, 0.2) is 0 Å². The van der Waals surface area contributed by atoms with Crippen LogP contribution in [0.25, 0.3) is 0 Å². The van der Waals surface area contributed by atoms with Gasteiger partial charge in [0, 0.05) is 18.1 Å². The maximum Gasteiger partial charge on any atom is 0.407 e. The summed E-state index contributed by atoms with van der Waals surface area (Å²) in [6, 6.07) is 13.5. The highest BCUT2D eigenvalue weighted by atomic mass is 35.5. The third-order valence-electron chi connectivity index (χ3n) is 5.95. The fourth-order valence-electron chi connectivity index (χ4n) is 3.73. The second-order valence-electron chi connectivity index (χ2n) is 9.17. The number of carbonyl (C=O) groups is 4. The molecule has 0 radical (unpaired) electrons. The van der Waals surface area contributed by atoms with Gasteiger partial charge in [0.25, 0.3) is 0 Å². The molecule has 2 atom stereocenters. The maximum absolute atomic E-state index is 12.9. The van der Waals surface area contributed by atoms with Gasteiger partial charge in [-0.2, -0.15) is 0 Å². The van der Waals surface area contributed by atoms with Gasteiger partial charge in [-0.1, -0.05) is 54.1 Å². The standard InChI is InChI=1S/C28H38ClN5O6/c29-22-14-12-20(13-15-22)18-32-25(35)23(33-27(38)34-24(26(36)37)11-4-6-16-30)10-5-7-17-31-28(39)40-19-21-8-2-1-3-9-21/h1-3,8-9,12-15,23-24H,4-7,10-11,16-19,30H2,(H,31,39)(H,32,35)(H,36,37)(H2,33,34,38)/t23-,24+/m1/s1. The topological polar surface area (TPSA) is 172 Å². The lowest BCUT2D eigenvalue weighted by Crippen LogP contribution is -2.53. The summed E-state index contributed by atoms with van der Waals surface area (Å²) in [4.78, 5) is 49.0. The van der Waals surface area contributed by atoms with Gasteiger partial charge in [-0.05, 0) is 68.3 Å². The van der Waals surface area contributed by atoms with E-state index in [1.54, 1.807) is 24.3 Å². The maximum atomic E-state index is 12.9. The number of urea groups is 1. The molecule has 0 aromatic heterocycles. The number of ether oxygens (including phenoxy) is 1. The van der Waals surface area contributed by atoms with Crippen molar-refractivity contribution in [2.24, 2.45) is 5.73 Å². The Bertz CT molecular complexity index is 1070. The molecule has 12 heteroatoms. The molecule has 0 fully saturated rings. The van der Waals surface area contributed by atoms with Crippen LogP contribution in [0.15, 0.2) is 54.6 Å². The van der Waals surface area contributed by atoms with Gasteiger partial charge in [0.1, 0.15) is 18.7 Å². The molecule has 4 amide bonds. The second kappa shape index (κ2) is 18.5. The Morgan fingerprint density at radius 2 is 1.48 bits per heavy atom. The number of carboxylic acid groups (broad SMARTS) is 1. The lowest BCUT2D eigenvalue weighted by molar-refractivity contribution is -0.139. The lowest BCUT2D eigenvalue weighted by atomic mass is 10.1. The van der Waals surface area contributed by atoms with E-state index in [0.29, 0.717) is 43.8 Å². The van der Waals surface area contributed by atoms with Crippen LogP contribution in [0.5, 0.6) is 0 Å².